The zero-order valence-corrected chi connectivity index (χ0v) is 10.3. The van der Waals surface area contributed by atoms with Gasteiger partial charge in [0.25, 0.3) is 0 Å². The number of para-hydroxylation sites is 1. The minimum atomic E-state index is 0.0494. The fraction of sp³-hybridized carbons (Fsp3) is 0.467. The lowest BCUT2D eigenvalue weighted by Gasteiger charge is -2.16. The molecule has 1 aromatic rings. The van der Waals surface area contributed by atoms with E-state index in [-0.39, 0.29) is 6.04 Å². The number of rotatable bonds is 4. The van der Waals surface area contributed by atoms with Crippen molar-refractivity contribution >= 4 is 0 Å². The number of nitrogens with two attached hydrogens (primary N) is 1. The zero-order chi connectivity index (χ0) is 11.9. The summed E-state index contributed by atoms with van der Waals surface area (Å²) in [7, 11) is 0. The van der Waals surface area contributed by atoms with Gasteiger partial charge in [0, 0.05) is 0 Å². The van der Waals surface area contributed by atoms with Gasteiger partial charge in [-0.1, -0.05) is 36.3 Å². The highest BCUT2D eigenvalue weighted by molar-refractivity contribution is 5.21. The van der Waals surface area contributed by atoms with Crippen LogP contribution in [0.2, 0.25) is 0 Å². The zero-order valence-electron chi connectivity index (χ0n) is 10.3. The highest BCUT2D eigenvalue weighted by Gasteiger charge is 2.11. The number of benzene rings is 1. The van der Waals surface area contributed by atoms with Crippen molar-refractivity contribution in [1.82, 2.24) is 0 Å². The van der Waals surface area contributed by atoms with Crippen molar-refractivity contribution in [1.29, 1.82) is 0 Å². The SMILES string of the molecule is NC(COc1ccccc1)C1=CCCCCC1. The predicted octanol–water partition coefficient (Wildman–Crippen LogP) is 3.28. The molecule has 0 aromatic heterocycles. The van der Waals surface area contributed by atoms with Crippen LogP contribution in [0.3, 0.4) is 0 Å². The van der Waals surface area contributed by atoms with E-state index in [0.29, 0.717) is 6.61 Å². The van der Waals surface area contributed by atoms with Gasteiger partial charge in [-0.05, 0) is 37.8 Å². The highest BCUT2D eigenvalue weighted by Crippen LogP contribution is 2.19. The minimum absolute atomic E-state index is 0.0494. The van der Waals surface area contributed by atoms with Crippen molar-refractivity contribution < 1.29 is 4.74 Å². The van der Waals surface area contributed by atoms with E-state index in [1.165, 1.54) is 31.3 Å². The Labute approximate surface area is 103 Å². The predicted molar refractivity (Wildman–Crippen MR) is 71.1 cm³/mol. The second-order valence-electron chi connectivity index (χ2n) is 4.61. The third-order valence-corrected chi connectivity index (χ3v) is 3.23. The molecule has 0 saturated heterocycles. The molecule has 1 unspecified atom stereocenters. The molecule has 0 amide bonds. The molecule has 2 rings (SSSR count). The van der Waals surface area contributed by atoms with E-state index in [1.54, 1.807) is 0 Å². The van der Waals surface area contributed by atoms with Gasteiger partial charge in [-0.15, -0.1) is 0 Å². The molecule has 0 heterocycles. The van der Waals surface area contributed by atoms with Crippen molar-refractivity contribution in [2.75, 3.05) is 6.61 Å². The monoisotopic (exact) mass is 231 g/mol. The van der Waals surface area contributed by atoms with Gasteiger partial charge in [-0.25, -0.2) is 0 Å². The molecule has 1 aromatic carbocycles. The van der Waals surface area contributed by atoms with Crippen LogP contribution in [0.25, 0.3) is 0 Å². The maximum absolute atomic E-state index is 6.17. The van der Waals surface area contributed by atoms with Crippen molar-refractivity contribution in [3.05, 3.63) is 42.0 Å². The Bertz CT molecular complexity index is 358. The van der Waals surface area contributed by atoms with Crippen LogP contribution in [0.5, 0.6) is 5.75 Å². The van der Waals surface area contributed by atoms with Gasteiger partial charge in [0.1, 0.15) is 12.4 Å². The Morgan fingerprint density at radius 1 is 1.12 bits per heavy atom. The Kier molecular flexibility index (Phi) is 4.63. The second-order valence-corrected chi connectivity index (χ2v) is 4.61. The molecule has 0 bridgehead atoms. The molecule has 2 nitrogen and oxygen atoms in total. The van der Waals surface area contributed by atoms with Gasteiger partial charge in [-0.2, -0.15) is 0 Å². The molecular formula is C15H21NO. The standard InChI is InChI=1S/C15H21NO/c16-15(13-8-4-1-2-5-9-13)12-17-14-10-6-3-7-11-14/h3,6-8,10-11,15H,1-2,4-5,9,12,16H2. The molecule has 2 N–H and O–H groups in total. The van der Waals surface area contributed by atoms with E-state index in [2.05, 4.69) is 6.08 Å². The van der Waals surface area contributed by atoms with Crippen LogP contribution in [0, 0.1) is 0 Å². The van der Waals surface area contributed by atoms with Crippen LogP contribution in [0.15, 0.2) is 42.0 Å². The summed E-state index contributed by atoms with van der Waals surface area (Å²) in [5, 5.41) is 0. The molecular weight excluding hydrogens is 210 g/mol. The summed E-state index contributed by atoms with van der Waals surface area (Å²) in [5.41, 5.74) is 7.55. The van der Waals surface area contributed by atoms with Gasteiger partial charge in [0.2, 0.25) is 0 Å². The van der Waals surface area contributed by atoms with Crippen LogP contribution >= 0.6 is 0 Å². The Balaban J connectivity index is 1.84. The molecule has 0 aliphatic heterocycles. The first-order valence-electron chi connectivity index (χ1n) is 6.48. The number of hydrogen-bond acceptors (Lipinski definition) is 2. The summed E-state index contributed by atoms with van der Waals surface area (Å²) in [4.78, 5) is 0. The maximum atomic E-state index is 6.17. The lowest BCUT2D eigenvalue weighted by molar-refractivity contribution is 0.300. The van der Waals surface area contributed by atoms with E-state index in [1.807, 2.05) is 30.3 Å². The first-order chi connectivity index (χ1) is 8.36. The molecule has 17 heavy (non-hydrogen) atoms. The minimum Gasteiger partial charge on any atom is -0.492 e. The van der Waals surface area contributed by atoms with E-state index < -0.39 is 0 Å². The largest absolute Gasteiger partial charge is 0.492 e. The topological polar surface area (TPSA) is 35.2 Å². The third-order valence-electron chi connectivity index (χ3n) is 3.23. The van der Waals surface area contributed by atoms with E-state index >= 15 is 0 Å². The molecule has 0 saturated carbocycles. The third kappa shape index (κ3) is 3.90. The van der Waals surface area contributed by atoms with Crippen molar-refractivity contribution in [2.24, 2.45) is 5.73 Å². The van der Waals surface area contributed by atoms with E-state index in [4.69, 9.17) is 10.5 Å². The Morgan fingerprint density at radius 3 is 2.76 bits per heavy atom. The van der Waals surface area contributed by atoms with Crippen LogP contribution in [-0.2, 0) is 0 Å². The molecule has 1 aliphatic rings. The summed E-state index contributed by atoms with van der Waals surface area (Å²) in [6.45, 7) is 0.579. The summed E-state index contributed by atoms with van der Waals surface area (Å²) in [6, 6.07) is 9.92. The Morgan fingerprint density at radius 2 is 1.94 bits per heavy atom. The van der Waals surface area contributed by atoms with Crippen molar-refractivity contribution in [2.45, 2.75) is 38.1 Å². The lowest BCUT2D eigenvalue weighted by atomic mass is 10.0. The van der Waals surface area contributed by atoms with E-state index in [0.717, 1.165) is 12.2 Å². The van der Waals surface area contributed by atoms with Gasteiger partial charge in [0.15, 0.2) is 0 Å². The molecule has 1 aliphatic carbocycles. The molecule has 0 spiro atoms. The first kappa shape index (κ1) is 12.2. The quantitative estimate of drug-likeness (QED) is 0.807. The maximum Gasteiger partial charge on any atom is 0.119 e. The average molecular weight is 231 g/mol. The fourth-order valence-electron chi connectivity index (χ4n) is 2.19. The van der Waals surface area contributed by atoms with Crippen LogP contribution in [-0.4, -0.2) is 12.6 Å². The molecule has 2 heteroatoms. The summed E-state index contributed by atoms with van der Waals surface area (Å²) in [5.74, 6) is 0.900. The van der Waals surface area contributed by atoms with Gasteiger partial charge in [-0.3, -0.25) is 0 Å². The molecule has 1 atom stereocenters. The average Bonchev–Trinajstić information content (AvgIpc) is 2.66. The normalized spacial score (nSPS) is 18.1. The van der Waals surface area contributed by atoms with Crippen LogP contribution < -0.4 is 10.5 Å². The van der Waals surface area contributed by atoms with Gasteiger partial charge >= 0.3 is 0 Å². The van der Waals surface area contributed by atoms with Crippen molar-refractivity contribution in [3.8, 4) is 5.75 Å². The lowest BCUT2D eigenvalue weighted by Crippen LogP contribution is -2.30. The van der Waals surface area contributed by atoms with Crippen molar-refractivity contribution in [3.63, 3.8) is 0 Å². The Hall–Kier alpha value is -1.28. The second kappa shape index (κ2) is 6.45. The first-order valence-corrected chi connectivity index (χ1v) is 6.48. The summed E-state index contributed by atoms with van der Waals surface area (Å²) < 4.78 is 5.70. The van der Waals surface area contributed by atoms with Crippen LogP contribution in [0.4, 0.5) is 0 Å². The highest BCUT2D eigenvalue weighted by atomic mass is 16.5. The molecule has 0 fully saturated rings. The summed E-state index contributed by atoms with van der Waals surface area (Å²) >= 11 is 0. The number of hydrogen-bond donors (Lipinski definition) is 1. The summed E-state index contributed by atoms with van der Waals surface area (Å²) in [6.07, 6.45) is 8.52. The van der Waals surface area contributed by atoms with E-state index in [9.17, 15) is 0 Å². The van der Waals surface area contributed by atoms with Gasteiger partial charge in [0.05, 0.1) is 6.04 Å². The molecule has 92 valence electrons. The van der Waals surface area contributed by atoms with Gasteiger partial charge < -0.3 is 10.5 Å². The number of allylic oxidation sites excluding steroid dienone is 1. The fourth-order valence-corrected chi connectivity index (χ4v) is 2.19. The number of ether oxygens (including phenoxy) is 1. The smallest absolute Gasteiger partial charge is 0.119 e. The molecule has 0 radical (unpaired) electrons. The van der Waals surface area contributed by atoms with Crippen LogP contribution in [0.1, 0.15) is 32.1 Å².